The zero-order valence-electron chi connectivity index (χ0n) is 9.45. The van der Waals surface area contributed by atoms with Crippen molar-refractivity contribution in [1.29, 1.82) is 0 Å². The third-order valence-electron chi connectivity index (χ3n) is 2.19. The molecule has 16 heavy (non-hydrogen) atoms. The van der Waals surface area contributed by atoms with Crippen LogP contribution in [-0.2, 0) is 16.0 Å². The lowest BCUT2D eigenvalue weighted by Gasteiger charge is -2.08. The first-order valence-corrected chi connectivity index (χ1v) is 5.06. The summed E-state index contributed by atoms with van der Waals surface area (Å²) < 4.78 is 5.17. The van der Waals surface area contributed by atoms with Gasteiger partial charge in [0.2, 0.25) is 5.78 Å². The van der Waals surface area contributed by atoms with E-state index in [9.17, 15) is 9.59 Å². The minimum absolute atomic E-state index is 0.429. The number of carbonyl (C=O) groups excluding carboxylic acids is 2. The topological polar surface area (TPSA) is 55.4 Å². The van der Waals surface area contributed by atoms with Crippen LogP contribution in [0.5, 0.6) is 5.75 Å². The number of para-hydroxylation sites is 1. The van der Waals surface area contributed by atoms with Gasteiger partial charge in [0.1, 0.15) is 5.75 Å². The van der Waals surface area contributed by atoms with E-state index in [0.29, 0.717) is 13.0 Å². The van der Waals surface area contributed by atoms with Crippen LogP contribution in [0, 0.1) is 0 Å². The van der Waals surface area contributed by atoms with Gasteiger partial charge in [-0.05, 0) is 18.1 Å². The predicted octanol–water partition coefficient (Wildman–Crippen LogP) is 0.943. The summed E-state index contributed by atoms with van der Waals surface area (Å²) in [4.78, 5) is 21.7. The molecule has 0 aromatic heterocycles. The second-order valence-corrected chi connectivity index (χ2v) is 3.37. The van der Waals surface area contributed by atoms with Crippen LogP contribution < -0.4 is 10.1 Å². The second kappa shape index (κ2) is 5.90. The average Bonchev–Trinajstić information content (AvgIpc) is 2.29. The van der Waals surface area contributed by atoms with Crippen molar-refractivity contribution in [3.8, 4) is 5.75 Å². The molecule has 0 radical (unpaired) electrons. The number of nitrogens with one attached hydrogen (secondary N) is 1. The number of ether oxygens (including phenoxy) is 1. The molecule has 0 saturated heterocycles. The Hall–Kier alpha value is -1.84. The summed E-state index contributed by atoms with van der Waals surface area (Å²) in [7, 11) is 1.60. The van der Waals surface area contributed by atoms with Crippen LogP contribution in [0.1, 0.15) is 12.5 Å². The van der Waals surface area contributed by atoms with Gasteiger partial charge < -0.3 is 10.1 Å². The van der Waals surface area contributed by atoms with Gasteiger partial charge in [-0.3, -0.25) is 9.59 Å². The molecule has 0 aliphatic heterocycles. The third-order valence-corrected chi connectivity index (χ3v) is 2.19. The van der Waals surface area contributed by atoms with Gasteiger partial charge in [0.25, 0.3) is 5.91 Å². The highest BCUT2D eigenvalue weighted by molar-refractivity contribution is 6.35. The molecule has 86 valence electrons. The molecule has 0 aliphatic carbocycles. The molecule has 0 saturated carbocycles. The normalized spacial score (nSPS) is 9.62. The van der Waals surface area contributed by atoms with Gasteiger partial charge in [0.15, 0.2) is 0 Å². The number of rotatable bonds is 5. The van der Waals surface area contributed by atoms with E-state index in [1.807, 2.05) is 24.3 Å². The molecule has 1 amide bonds. The summed E-state index contributed by atoms with van der Waals surface area (Å²) >= 11 is 0. The minimum atomic E-state index is -0.546. The van der Waals surface area contributed by atoms with Crippen LogP contribution in [0.3, 0.4) is 0 Å². The number of hydrogen-bond acceptors (Lipinski definition) is 3. The van der Waals surface area contributed by atoms with Gasteiger partial charge in [-0.15, -0.1) is 0 Å². The number of benzene rings is 1. The molecule has 1 rings (SSSR count). The van der Waals surface area contributed by atoms with Gasteiger partial charge in [0.05, 0.1) is 7.11 Å². The Balaban J connectivity index is 2.48. The van der Waals surface area contributed by atoms with Crippen LogP contribution in [0.15, 0.2) is 24.3 Å². The molecule has 0 aliphatic rings. The van der Waals surface area contributed by atoms with Crippen molar-refractivity contribution in [2.24, 2.45) is 0 Å². The van der Waals surface area contributed by atoms with E-state index in [-0.39, 0.29) is 0 Å². The van der Waals surface area contributed by atoms with Crippen LogP contribution in [-0.4, -0.2) is 25.3 Å². The van der Waals surface area contributed by atoms with Crippen LogP contribution in [0.2, 0.25) is 0 Å². The summed E-state index contributed by atoms with van der Waals surface area (Å²) in [5.41, 5.74) is 1.01. The Kier molecular flexibility index (Phi) is 4.51. The maximum Gasteiger partial charge on any atom is 0.287 e. The molecule has 4 nitrogen and oxygen atoms in total. The lowest BCUT2D eigenvalue weighted by molar-refractivity contribution is -0.136. The van der Waals surface area contributed by atoms with Gasteiger partial charge in [-0.1, -0.05) is 18.2 Å². The molecular weight excluding hydrogens is 206 g/mol. The first-order chi connectivity index (χ1) is 7.65. The first kappa shape index (κ1) is 12.2. The third kappa shape index (κ3) is 3.38. The summed E-state index contributed by atoms with van der Waals surface area (Å²) in [6.07, 6.45) is 0.642. The maximum absolute atomic E-state index is 11.0. The molecule has 0 heterocycles. The lowest BCUT2D eigenvalue weighted by atomic mass is 10.1. The number of ketones is 1. The fourth-order valence-corrected chi connectivity index (χ4v) is 1.34. The fraction of sp³-hybridized carbons (Fsp3) is 0.333. The molecule has 0 bridgehead atoms. The largest absolute Gasteiger partial charge is 0.496 e. The van der Waals surface area contributed by atoms with E-state index >= 15 is 0 Å². The van der Waals surface area contributed by atoms with Crippen molar-refractivity contribution in [3.05, 3.63) is 29.8 Å². The van der Waals surface area contributed by atoms with Crippen LogP contribution in [0.25, 0.3) is 0 Å². The van der Waals surface area contributed by atoms with Crippen molar-refractivity contribution >= 4 is 11.7 Å². The Bertz CT molecular complexity index is 388. The van der Waals surface area contributed by atoms with E-state index in [0.717, 1.165) is 11.3 Å². The van der Waals surface area contributed by atoms with E-state index in [1.54, 1.807) is 7.11 Å². The quantitative estimate of drug-likeness (QED) is 0.753. The minimum Gasteiger partial charge on any atom is -0.496 e. The van der Waals surface area contributed by atoms with Crippen molar-refractivity contribution < 1.29 is 14.3 Å². The number of carbonyl (C=O) groups is 2. The van der Waals surface area contributed by atoms with E-state index in [1.165, 1.54) is 6.92 Å². The molecule has 4 heteroatoms. The molecular formula is C12H15NO3. The molecule has 0 unspecified atom stereocenters. The van der Waals surface area contributed by atoms with Crippen molar-refractivity contribution in [2.75, 3.05) is 13.7 Å². The molecule has 1 aromatic carbocycles. The summed E-state index contributed by atoms with van der Waals surface area (Å²) in [6, 6.07) is 7.59. The van der Waals surface area contributed by atoms with Gasteiger partial charge in [0, 0.05) is 13.5 Å². The fourth-order valence-electron chi connectivity index (χ4n) is 1.34. The van der Waals surface area contributed by atoms with Gasteiger partial charge >= 0.3 is 0 Å². The lowest BCUT2D eigenvalue weighted by Crippen LogP contribution is -2.30. The molecule has 1 N–H and O–H groups in total. The Morgan fingerprint density at radius 2 is 2.00 bits per heavy atom. The second-order valence-electron chi connectivity index (χ2n) is 3.37. The zero-order chi connectivity index (χ0) is 12.0. The highest BCUT2D eigenvalue weighted by Gasteiger charge is 2.06. The maximum atomic E-state index is 11.0. The molecule has 0 spiro atoms. The Morgan fingerprint density at radius 1 is 1.31 bits per heavy atom. The number of methoxy groups -OCH3 is 1. The van der Waals surface area contributed by atoms with Crippen molar-refractivity contribution in [2.45, 2.75) is 13.3 Å². The highest BCUT2D eigenvalue weighted by Crippen LogP contribution is 2.17. The smallest absolute Gasteiger partial charge is 0.287 e. The van der Waals surface area contributed by atoms with Gasteiger partial charge in [-0.25, -0.2) is 0 Å². The molecule has 1 aromatic rings. The van der Waals surface area contributed by atoms with Crippen LogP contribution >= 0.6 is 0 Å². The summed E-state index contributed by atoms with van der Waals surface area (Å²) in [6.45, 7) is 1.68. The standard InChI is InChI=1S/C12H15NO3/c1-9(14)12(15)13-8-7-10-5-3-4-6-11(10)16-2/h3-6H,7-8H2,1-2H3,(H,13,15). The first-order valence-electron chi connectivity index (χ1n) is 5.06. The highest BCUT2D eigenvalue weighted by atomic mass is 16.5. The van der Waals surface area contributed by atoms with E-state index < -0.39 is 11.7 Å². The molecule has 0 fully saturated rings. The molecule has 0 atom stereocenters. The SMILES string of the molecule is COc1ccccc1CCNC(=O)C(C)=O. The van der Waals surface area contributed by atoms with Crippen LogP contribution in [0.4, 0.5) is 0 Å². The van der Waals surface area contributed by atoms with E-state index in [2.05, 4.69) is 5.32 Å². The number of Topliss-reactive ketones (excluding diaryl/α,β-unsaturated/α-hetero) is 1. The zero-order valence-corrected chi connectivity index (χ0v) is 9.45. The average molecular weight is 221 g/mol. The predicted molar refractivity (Wildman–Crippen MR) is 60.4 cm³/mol. The Morgan fingerprint density at radius 3 is 2.62 bits per heavy atom. The summed E-state index contributed by atoms with van der Waals surface area (Å²) in [5, 5.41) is 2.54. The van der Waals surface area contributed by atoms with Crippen molar-refractivity contribution in [3.63, 3.8) is 0 Å². The monoisotopic (exact) mass is 221 g/mol. The van der Waals surface area contributed by atoms with Gasteiger partial charge in [-0.2, -0.15) is 0 Å². The Labute approximate surface area is 94.6 Å². The van der Waals surface area contributed by atoms with E-state index in [4.69, 9.17) is 4.74 Å². The number of hydrogen-bond donors (Lipinski definition) is 1. The number of amides is 1. The summed E-state index contributed by atoms with van der Waals surface area (Å²) in [5.74, 6) is -0.227. The van der Waals surface area contributed by atoms with Crippen molar-refractivity contribution in [1.82, 2.24) is 5.32 Å².